The fourth-order valence-corrected chi connectivity index (χ4v) is 2.07. The molecule has 0 saturated heterocycles. The van der Waals surface area contributed by atoms with Gasteiger partial charge in [0.05, 0.1) is 36.7 Å². The van der Waals surface area contributed by atoms with E-state index in [1.807, 2.05) is 6.07 Å². The van der Waals surface area contributed by atoms with E-state index in [0.717, 1.165) is 0 Å². The number of carbonyl (C=O) groups excluding carboxylic acids is 2. The number of nitrogens with zero attached hydrogens (tertiary/aromatic N) is 2. The zero-order chi connectivity index (χ0) is 16.3. The number of para-hydroxylation sites is 1. The Morgan fingerprint density at radius 1 is 1.18 bits per heavy atom. The van der Waals surface area contributed by atoms with Crippen molar-refractivity contribution in [3.8, 4) is 11.8 Å². The van der Waals surface area contributed by atoms with Crippen LogP contribution >= 0.6 is 0 Å². The molecule has 2 rings (SSSR count). The number of hydrogen-bond donors (Lipinski definition) is 1. The molecule has 2 aromatic rings. The largest absolute Gasteiger partial charge is 0.465 e. The highest BCUT2D eigenvalue weighted by atomic mass is 16.5. The Bertz CT molecular complexity index is 787. The smallest absolute Gasteiger partial charge is 0.357 e. The molecule has 0 aliphatic carbocycles. The van der Waals surface area contributed by atoms with Crippen LogP contribution in [-0.4, -0.2) is 30.7 Å². The number of methoxy groups -OCH3 is 2. The molecule has 0 aliphatic rings. The van der Waals surface area contributed by atoms with E-state index in [1.54, 1.807) is 24.3 Å². The Labute approximate surface area is 126 Å². The Morgan fingerprint density at radius 2 is 1.82 bits per heavy atom. The van der Waals surface area contributed by atoms with Crippen molar-refractivity contribution in [1.82, 2.24) is 4.57 Å². The number of esters is 2. The molecule has 0 unspecified atom stereocenters. The van der Waals surface area contributed by atoms with Gasteiger partial charge in [-0.2, -0.15) is 5.26 Å². The molecule has 0 radical (unpaired) electrons. The summed E-state index contributed by atoms with van der Waals surface area (Å²) >= 11 is 0. The van der Waals surface area contributed by atoms with E-state index in [9.17, 15) is 9.59 Å². The van der Waals surface area contributed by atoms with Crippen LogP contribution in [0.2, 0.25) is 0 Å². The first-order chi connectivity index (χ1) is 10.5. The van der Waals surface area contributed by atoms with Gasteiger partial charge in [0.2, 0.25) is 0 Å². The minimum atomic E-state index is -0.710. The fraction of sp³-hybridized carbons (Fsp3) is 0.133. The number of aromatic nitrogens is 1. The summed E-state index contributed by atoms with van der Waals surface area (Å²) < 4.78 is 10.8. The predicted octanol–water partition coefficient (Wildman–Crippen LogP) is 1.50. The molecule has 0 spiro atoms. The van der Waals surface area contributed by atoms with Crippen LogP contribution in [0.25, 0.3) is 5.69 Å². The van der Waals surface area contributed by atoms with Crippen LogP contribution in [0.1, 0.15) is 26.4 Å². The molecule has 7 heteroatoms. The second kappa shape index (κ2) is 6.01. The van der Waals surface area contributed by atoms with E-state index < -0.39 is 11.9 Å². The molecule has 1 aromatic carbocycles. The van der Waals surface area contributed by atoms with Crippen molar-refractivity contribution in [2.45, 2.75) is 0 Å². The number of nitrogens with two attached hydrogens (primary N) is 1. The maximum Gasteiger partial charge on any atom is 0.357 e. The van der Waals surface area contributed by atoms with Gasteiger partial charge in [-0.15, -0.1) is 0 Å². The lowest BCUT2D eigenvalue weighted by molar-refractivity contribution is 0.0582. The second-order valence-corrected chi connectivity index (χ2v) is 4.29. The summed E-state index contributed by atoms with van der Waals surface area (Å²) in [5, 5.41) is 9.10. The average Bonchev–Trinajstić information content (AvgIpc) is 2.89. The van der Waals surface area contributed by atoms with E-state index >= 15 is 0 Å². The van der Waals surface area contributed by atoms with Gasteiger partial charge >= 0.3 is 11.9 Å². The summed E-state index contributed by atoms with van der Waals surface area (Å²) in [7, 11) is 2.46. The predicted molar refractivity (Wildman–Crippen MR) is 77.6 cm³/mol. The molecular weight excluding hydrogens is 286 g/mol. The van der Waals surface area contributed by atoms with Crippen LogP contribution in [0.15, 0.2) is 30.5 Å². The average molecular weight is 299 g/mol. The van der Waals surface area contributed by atoms with Crippen molar-refractivity contribution in [2.24, 2.45) is 0 Å². The lowest BCUT2D eigenvalue weighted by Gasteiger charge is -2.12. The molecule has 7 nitrogen and oxygen atoms in total. The number of benzene rings is 1. The summed E-state index contributed by atoms with van der Waals surface area (Å²) in [6.07, 6.45) is 1.38. The van der Waals surface area contributed by atoms with Crippen molar-refractivity contribution in [2.75, 3.05) is 20.0 Å². The van der Waals surface area contributed by atoms with Crippen LogP contribution in [0.4, 0.5) is 5.69 Å². The van der Waals surface area contributed by atoms with E-state index in [2.05, 4.69) is 0 Å². The van der Waals surface area contributed by atoms with Crippen molar-refractivity contribution >= 4 is 17.6 Å². The first-order valence-corrected chi connectivity index (χ1v) is 6.22. The standard InChI is InChI=1S/C15H13N3O4/c1-21-14(19)10-5-3-4-6-11(10)18-8-9(7-16)12(17)13(18)15(20)22-2/h3-6,8H,17H2,1-2H3. The number of hydrogen-bond acceptors (Lipinski definition) is 6. The topological polar surface area (TPSA) is 107 Å². The number of ether oxygens (including phenoxy) is 2. The normalized spacial score (nSPS) is 9.86. The van der Waals surface area contributed by atoms with Crippen LogP contribution in [-0.2, 0) is 9.47 Å². The molecule has 1 aromatic heterocycles. The highest BCUT2D eigenvalue weighted by molar-refractivity contribution is 5.98. The third-order valence-electron chi connectivity index (χ3n) is 3.11. The van der Waals surface area contributed by atoms with Crippen molar-refractivity contribution < 1.29 is 19.1 Å². The van der Waals surface area contributed by atoms with Crippen molar-refractivity contribution in [3.05, 3.63) is 47.3 Å². The summed E-state index contributed by atoms with van der Waals surface area (Å²) in [6, 6.07) is 8.40. The number of rotatable bonds is 3. The summed E-state index contributed by atoms with van der Waals surface area (Å²) in [5.74, 6) is -1.28. The van der Waals surface area contributed by atoms with Gasteiger partial charge in [-0.05, 0) is 12.1 Å². The third kappa shape index (κ3) is 2.38. The number of nitrogen functional groups attached to an aromatic ring is 1. The SMILES string of the molecule is COC(=O)c1ccccc1-n1cc(C#N)c(N)c1C(=O)OC. The second-order valence-electron chi connectivity index (χ2n) is 4.29. The van der Waals surface area contributed by atoms with Gasteiger partial charge in [-0.3, -0.25) is 0 Å². The monoisotopic (exact) mass is 299 g/mol. The summed E-state index contributed by atoms with van der Waals surface area (Å²) in [6.45, 7) is 0. The number of nitriles is 1. The van der Waals surface area contributed by atoms with Crippen LogP contribution in [0, 0.1) is 11.3 Å². The van der Waals surface area contributed by atoms with Crippen molar-refractivity contribution in [1.29, 1.82) is 5.26 Å². The molecule has 0 fully saturated rings. The minimum Gasteiger partial charge on any atom is -0.465 e. The Kier molecular flexibility index (Phi) is 4.13. The molecular formula is C15H13N3O4. The Morgan fingerprint density at radius 3 is 2.41 bits per heavy atom. The Hall–Kier alpha value is -3.27. The zero-order valence-electron chi connectivity index (χ0n) is 12.0. The minimum absolute atomic E-state index is 0.00554. The molecule has 22 heavy (non-hydrogen) atoms. The van der Waals surface area contributed by atoms with Gasteiger partial charge in [0.25, 0.3) is 0 Å². The maximum absolute atomic E-state index is 12.0. The fourth-order valence-electron chi connectivity index (χ4n) is 2.07. The van der Waals surface area contributed by atoms with Crippen molar-refractivity contribution in [3.63, 3.8) is 0 Å². The van der Waals surface area contributed by atoms with E-state index in [0.29, 0.717) is 5.69 Å². The van der Waals surface area contributed by atoms with Gasteiger partial charge in [0, 0.05) is 6.20 Å². The van der Waals surface area contributed by atoms with E-state index in [4.69, 9.17) is 20.5 Å². The van der Waals surface area contributed by atoms with E-state index in [1.165, 1.54) is 25.0 Å². The van der Waals surface area contributed by atoms with Gasteiger partial charge in [-0.1, -0.05) is 12.1 Å². The zero-order valence-corrected chi connectivity index (χ0v) is 12.0. The molecule has 1 heterocycles. The third-order valence-corrected chi connectivity index (χ3v) is 3.11. The van der Waals surface area contributed by atoms with Gasteiger partial charge in [0.15, 0.2) is 5.69 Å². The van der Waals surface area contributed by atoms with E-state index in [-0.39, 0.29) is 22.5 Å². The highest BCUT2D eigenvalue weighted by Gasteiger charge is 2.24. The highest BCUT2D eigenvalue weighted by Crippen LogP contribution is 2.26. The first kappa shape index (κ1) is 15.1. The lowest BCUT2D eigenvalue weighted by Crippen LogP contribution is -2.14. The molecule has 0 aliphatic heterocycles. The van der Waals surface area contributed by atoms with Gasteiger partial charge in [-0.25, -0.2) is 9.59 Å². The molecule has 0 atom stereocenters. The molecule has 0 bridgehead atoms. The molecule has 2 N–H and O–H groups in total. The number of anilines is 1. The van der Waals surface area contributed by atoms with Gasteiger partial charge < -0.3 is 19.8 Å². The van der Waals surface area contributed by atoms with Crippen LogP contribution in [0.3, 0.4) is 0 Å². The molecule has 0 saturated carbocycles. The van der Waals surface area contributed by atoms with Crippen LogP contribution < -0.4 is 5.73 Å². The maximum atomic E-state index is 12.0. The molecule has 0 amide bonds. The quantitative estimate of drug-likeness (QED) is 0.861. The first-order valence-electron chi connectivity index (χ1n) is 6.22. The summed E-state index contributed by atoms with van der Waals surface area (Å²) in [5.41, 5.74) is 6.51. The van der Waals surface area contributed by atoms with Gasteiger partial charge in [0.1, 0.15) is 6.07 Å². The Balaban J connectivity index is 2.76. The lowest BCUT2D eigenvalue weighted by atomic mass is 10.1. The van der Waals surface area contributed by atoms with Crippen LogP contribution in [0.5, 0.6) is 0 Å². The molecule has 112 valence electrons. The summed E-state index contributed by atoms with van der Waals surface area (Å²) in [4.78, 5) is 23.8. The number of carbonyl (C=O) groups is 2.